The lowest BCUT2D eigenvalue weighted by atomic mass is 10.1. The van der Waals surface area contributed by atoms with Gasteiger partial charge >= 0.3 is 0 Å². The van der Waals surface area contributed by atoms with Gasteiger partial charge in [0.1, 0.15) is 12.6 Å². The van der Waals surface area contributed by atoms with Crippen LogP contribution in [0.15, 0.2) is 71.6 Å². The highest BCUT2D eigenvalue weighted by Crippen LogP contribution is 2.28. The molecule has 1 unspecified atom stereocenters. The summed E-state index contributed by atoms with van der Waals surface area (Å²) in [6, 6.07) is 18.3. The van der Waals surface area contributed by atoms with Crippen molar-refractivity contribution in [3.8, 4) is 0 Å². The first-order valence-corrected chi connectivity index (χ1v) is 15.8. The van der Waals surface area contributed by atoms with Crippen LogP contribution in [-0.4, -0.2) is 44.3 Å². The second kappa shape index (κ2) is 14.5. The highest BCUT2D eigenvalue weighted by Gasteiger charge is 2.34. The Morgan fingerprint density at radius 2 is 1.54 bits per heavy atom. The summed E-state index contributed by atoms with van der Waals surface area (Å²) >= 11 is 6.08. The second-order valence-corrected chi connectivity index (χ2v) is 12.6. The molecule has 0 aliphatic carbocycles. The van der Waals surface area contributed by atoms with Gasteiger partial charge in [0.05, 0.1) is 10.6 Å². The van der Waals surface area contributed by atoms with Crippen LogP contribution >= 0.6 is 11.6 Å². The van der Waals surface area contributed by atoms with Gasteiger partial charge in [0, 0.05) is 18.1 Å². The van der Waals surface area contributed by atoms with Crippen molar-refractivity contribution in [2.24, 2.45) is 0 Å². The van der Waals surface area contributed by atoms with Crippen LogP contribution < -0.4 is 9.62 Å². The van der Waals surface area contributed by atoms with Crippen molar-refractivity contribution < 1.29 is 18.0 Å². The maximum absolute atomic E-state index is 14.2. The van der Waals surface area contributed by atoms with E-state index in [0.29, 0.717) is 23.7 Å². The van der Waals surface area contributed by atoms with Gasteiger partial charge in [-0.05, 0) is 75.1 Å². The number of carbonyl (C=O) groups is 2. The van der Waals surface area contributed by atoms with Gasteiger partial charge in [0.2, 0.25) is 11.8 Å². The van der Waals surface area contributed by atoms with E-state index >= 15 is 0 Å². The maximum atomic E-state index is 14.2. The molecule has 0 saturated heterocycles. The second-order valence-electron chi connectivity index (χ2n) is 10.3. The zero-order valence-electron chi connectivity index (χ0n) is 24.5. The number of hydrogen-bond acceptors (Lipinski definition) is 4. The third kappa shape index (κ3) is 8.33. The third-order valence-corrected chi connectivity index (χ3v) is 9.02. The lowest BCUT2D eigenvalue weighted by molar-refractivity contribution is -0.140. The minimum atomic E-state index is -4.12. The fourth-order valence-corrected chi connectivity index (χ4v) is 6.25. The van der Waals surface area contributed by atoms with Crippen molar-refractivity contribution in [2.45, 2.75) is 71.4 Å². The largest absolute Gasteiger partial charge is 0.354 e. The molecule has 7 nitrogen and oxygen atoms in total. The summed E-state index contributed by atoms with van der Waals surface area (Å²) in [6.45, 7) is 9.68. The van der Waals surface area contributed by atoms with Crippen LogP contribution in [0.3, 0.4) is 0 Å². The van der Waals surface area contributed by atoms with E-state index < -0.39 is 28.5 Å². The van der Waals surface area contributed by atoms with E-state index in [0.717, 1.165) is 39.4 Å². The first kappa shape index (κ1) is 32.2. The average Bonchev–Trinajstić information content (AvgIpc) is 2.93. The fourth-order valence-electron chi connectivity index (χ4n) is 4.65. The summed E-state index contributed by atoms with van der Waals surface area (Å²) in [5.74, 6) is -0.740. The maximum Gasteiger partial charge on any atom is 0.264 e. The molecular formula is C32H40ClN3O4S. The topological polar surface area (TPSA) is 86.8 Å². The molecule has 0 bridgehead atoms. The number of amides is 2. The molecule has 0 heterocycles. The summed E-state index contributed by atoms with van der Waals surface area (Å²) in [6.07, 6.45) is 2.11. The Bertz CT molecular complexity index is 1440. The minimum Gasteiger partial charge on any atom is -0.354 e. The van der Waals surface area contributed by atoms with Crippen molar-refractivity contribution in [3.63, 3.8) is 0 Å². The summed E-state index contributed by atoms with van der Waals surface area (Å²) in [7, 11) is -4.12. The van der Waals surface area contributed by atoms with Crippen molar-refractivity contribution in [1.82, 2.24) is 10.2 Å². The SMILES string of the molecule is CCCCNC(=O)C(CC)N(Cc1ccc(Cl)cc1)C(=O)CN(c1ccc(C)cc1C)S(=O)(=O)c1ccc(C)cc1. The van der Waals surface area contributed by atoms with Crippen LogP contribution in [0, 0.1) is 20.8 Å². The van der Waals surface area contributed by atoms with Gasteiger partial charge in [-0.3, -0.25) is 13.9 Å². The molecule has 0 fully saturated rings. The number of aryl methyl sites for hydroxylation is 3. The molecule has 3 rings (SSSR count). The van der Waals surface area contributed by atoms with Gasteiger partial charge in [0.15, 0.2) is 0 Å². The predicted molar refractivity (Wildman–Crippen MR) is 166 cm³/mol. The Morgan fingerprint density at radius 3 is 2.12 bits per heavy atom. The van der Waals surface area contributed by atoms with Crippen LogP contribution in [0.5, 0.6) is 0 Å². The van der Waals surface area contributed by atoms with Crippen LogP contribution in [0.2, 0.25) is 5.02 Å². The first-order valence-electron chi connectivity index (χ1n) is 14.0. The molecule has 0 radical (unpaired) electrons. The lowest BCUT2D eigenvalue weighted by Gasteiger charge is -2.33. The predicted octanol–water partition coefficient (Wildman–Crippen LogP) is 6.18. The average molecular weight is 598 g/mol. The smallest absolute Gasteiger partial charge is 0.264 e. The molecular weight excluding hydrogens is 558 g/mol. The molecule has 3 aromatic carbocycles. The molecule has 220 valence electrons. The van der Waals surface area contributed by atoms with Crippen molar-refractivity contribution in [1.29, 1.82) is 0 Å². The van der Waals surface area contributed by atoms with Crippen molar-refractivity contribution >= 4 is 39.1 Å². The van der Waals surface area contributed by atoms with Crippen molar-refractivity contribution in [2.75, 3.05) is 17.4 Å². The van der Waals surface area contributed by atoms with Crippen LogP contribution in [0.1, 0.15) is 55.4 Å². The number of hydrogen-bond donors (Lipinski definition) is 1. The molecule has 0 aliphatic heterocycles. The summed E-state index contributed by atoms with van der Waals surface area (Å²) in [4.78, 5) is 29.0. The number of carbonyl (C=O) groups excluding carboxylic acids is 2. The van der Waals surface area contributed by atoms with Gasteiger partial charge in [-0.2, -0.15) is 0 Å². The molecule has 3 aromatic rings. The first-order chi connectivity index (χ1) is 19.5. The fraction of sp³-hybridized carbons (Fsp3) is 0.375. The summed E-state index contributed by atoms with van der Waals surface area (Å²) in [5, 5.41) is 3.50. The summed E-state index contributed by atoms with van der Waals surface area (Å²) < 4.78 is 29.2. The number of rotatable bonds is 13. The van der Waals surface area contributed by atoms with Crippen LogP contribution in [0.25, 0.3) is 0 Å². The molecule has 0 aliphatic rings. The monoisotopic (exact) mass is 597 g/mol. The molecule has 0 aromatic heterocycles. The van der Waals surface area contributed by atoms with Gasteiger partial charge in [-0.25, -0.2) is 8.42 Å². The number of nitrogens with zero attached hydrogens (tertiary/aromatic N) is 2. The number of benzene rings is 3. The third-order valence-electron chi connectivity index (χ3n) is 6.99. The molecule has 2 amide bonds. The summed E-state index contributed by atoms with van der Waals surface area (Å²) in [5.41, 5.74) is 3.82. The number of nitrogens with one attached hydrogen (secondary N) is 1. The Morgan fingerprint density at radius 1 is 0.902 bits per heavy atom. The number of halogens is 1. The van der Waals surface area contributed by atoms with Gasteiger partial charge in [0.25, 0.3) is 10.0 Å². The quantitative estimate of drug-likeness (QED) is 0.238. The van der Waals surface area contributed by atoms with E-state index in [-0.39, 0.29) is 17.3 Å². The Balaban J connectivity index is 2.06. The molecule has 1 atom stereocenters. The van der Waals surface area contributed by atoms with E-state index in [9.17, 15) is 18.0 Å². The highest BCUT2D eigenvalue weighted by atomic mass is 35.5. The Labute approximate surface area is 249 Å². The van der Waals surface area contributed by atoms with Crippen LogP contribution in [-0.2, 0) is 26.2 Å². The standard InChI is InChI=1S/C32H40ClN3O4S/c1-6-8-19-34-32(38)29(7-2)35(21-26-12-14-27(33)15-13-26)31(37)22-36(30-18-11-24(4)20-25(30)5)41(39,40)28-16-9-23(3)10-17-28/h9-18,20,29H,6-8,19,21-22H2,1-5H3,(H,34,38). The van der Waals surface area contributed by atoms with E-state index in [1.807, 2.05) is 46.8 Å². The lowest BCUT2D eigenvalue weighted by Crippen LogP contribution is -2.52. The number of anilines is 1. The minimum absolute atomic E-state index is 0.0875. The number of sulfonamides is 1. The van der Waals surface area contributed by atoms with E-state index in [1.165, 1.54) is 4.90 Å². The number of unbranched alkanes of at least 4 members (excludes halogenated alkanes) is 1. The zero-order chi connectivity index (χ0) is 30.2. The normalized spacial score (nSPS) is 12.0. The van der Waals surface area contributed by atoms with Gasteiger partial charge < -0.3 is 10.2 Å². The molecule has 41 heavy (non-hydrogen) atoms. The van der Waals surface area contributed by atoms with Gasteiger partial charge in [-0.15, -0.1) is 0 Å². The molecule has 1 N–H and O–H groups in total. The highest BCUT2D eigenvalue weighted by molar-refractivity contribution is 7.92. The van der Waals surface area contributed by atoms with Gasteiger partial charge in [-0.1, -0.05) is 79.4 Å². The zero-order valence-corrected chi connectivity index (χ0v) is 26.1. The Kier molecular flexibility index (Phi) is 11.4. The van der Waals surface area contributed by atoms with Crippen LogP contribution in [0.4, 0.5) is 5.69 Å². The van der Waals surface area contributed by atoms with E-state index in [2.05, 4.69) is 5.32 Å². The molecule has 9 heteroatoms. The van der Waals surface area contributed by atoms with E-state index in [1.54, 1.807) is 54.6 Å². The van der Waals surface area contributed by atoms with E-state index in [4.69, 9.17) is 11.6 Å². The molecule has 0 spiro atoms. The molecule has 0 saturated carbocycles. The Hall–Kier alpha value is -3.36. The van der Waals surface area contributed by atoms with Crippen molar-refractivity contribution in [3.05, 3.63) is 94.0 Å².